The van der Waals surface area contributed by atoms with Crippen molar-refractivity contribution in [1.29, 1.82) is 0 Å². The number of carboxylic acid groups (broad SMARTS) is 3. The number of anilines is 1. The Hall–Kier alpha value is -13.4. The monoisotopic (exact) mass is 1910 g/mol. The van der Waals surface area contributed by atoms with Gasteiger partial charge in [-0.1, -0.05) is 113 Å². The van der Waals surface area contributed by atoms with E-state index in [-0.39, 0.29) is 72.7 Å². The fraction of sp³-hybridized carbons (Fsp3) is 0.517. The summed E-state index contributed by atoms with van der Waals surface area (Å²) >= 11 is 0.854. The molecule has 46 heteroatoms. The van der Waals surface area contributed by atoms with Gasteiger partial charge in [-0.15, -0.1) is 11.8 Å². The SMILES string of the molecule is CC[C@H](C)[C@H](NC(=O)[C@H](CO)NC(=O)[C@H](Cc1ccc(O)cc1)NC(=O)[C@H](CC(=O)O)NC(=O)[C@H](CO)NC(=O)[C@@H](NC(=O)[C@H](Cc1ccccc1)NC(=O)[C@@H](NC(=O)CNC(=O)[C@H](CCC(=O)O)NC(=O)CSCC(=O)NCCN1C(=O)CCc2ccccc21)[C@@H](C)O)[C@@H](C)O)C(=O)N[C@@H](Cc1ccc(O)cc1)C(=O)N[C@@H](CC(C)C)C(=O)N[C@@H](CC(=O)O)C(=O)N[C@H](C)CCCCN. The molecule has 0 aromatic heterocycles. The molecule has 0 radical (unpaired) electrons. The first-order valence-electron chi connectivity index (χ1n) is 43.9. The number of aliphatic hydroxyl groups is 4. The van der Waals surface area contributed by atoms with Crippen LogP contribution < -0.4 is 90.4 Å². The number of nitrogens with one attached hydrogen (secondary N) is 15. The van der Waals surface area contributed by atoms with Crippen LogP contribution in [0, 0.1) is 11.8 Å². The fourth-order valence-corrected chi connectivity index (χ4v) is 14.5. The van der Waals surface area contributed by atoms with Gasteiger partial charge in [-0.05, 0) is 124 Å². The molecule has 0 fully saturated rings. The minimum absolute atomic E-state index is 0.0794. The predicted octanol–water partition coefficient (Wildman–Crippen LogP) is -4.83. The largest absolute Gasteiger partial charge is 0.508 e. The molecule has 16 amide bonds. The van der Waals surface area contributed by atoms with E-state index in [1.807, 2.05) is 12.1 Å². The summed E-state index contributed by atoms with van der Waals surface area (Å²) in [5.41, 5.74) is 8.22. The molecular weight excluding hydrogens is 1790 g/mol. The highest BCUT2D eigenvalue weighted by molar-refractivity contribution is 8.00. The Bertz CT molecular complexity index is 4730. The molecule has 135 heavy (non-hydrogen) atoms. The summed E-state index contributed by atoms with van der Waals surface area (Å²) < 4.78 is 0. The minimum Gasteiger partial charge on any atom is -0.508 e. The third kappa shape index (κ3) is 39.3. The smallest absolute Gasteiger partial charge is 0.305 e. The van der Waals surface area contributed by atoms with E-state index in [4.69, 9.17) is 5.73 Å². The van der Waals surface area contributed by atoms with Crippen molar-refractivity contribution in [2.75, 3.05) is 55.8 Å². The van der Waals surface area contributed by atoms with Gasteiger partial charge in [-0.25, -0.2) is 0 Å². The van der Waals surface area contributed by atoms with E-state index in [9.17, 15) is 137 Å². The topological polar surface area (TPSA) is 716 Å². The number of carbonyl (C=O) groups is 19. The Kier molecular flexibility index (Phi) is 47.5. The number of fused-ring (bicyclic) bond motifs is 1. The number of hydrogen-bond donors (Lipinski definition) is 25. The molecule has 740 valence electrons. The highest BCUT2D eigenvalue weighted by Crippen LogP contribution is 2.27. The van der Waals surface area contributed by atoms with Crippen LogP contribution in [-0.2, 0) is 117 Å². The molecule has 1 heterocycles. The summed E-state index contributed by atoms with van der Waals surface area (Å²) in [5, 5.41) is 128. The van der Waals surface area contributed by atoms with Crippen molar-refractivity contribution < 1.29 is 137 Å². The summed E-state index contributed by atoms with van der Waals surface area (Å²) in [4.78, 5) is 260. The summed E-state index contributed by atoms with van der Waals surface area (Å²) in [5.74, 6) is -23.5. The highest BCUT2D eigenvalue weighted by atomic mass is 32.2. The third-order valence-electron chi connectivity index (χ3n) is 21.4. The highest BCUT2D eigenvalue weighted by Gasteiger charge is 2.41. The van der Waals surface area contributed by atoms with E-state index < -0.39 is 261 Å². The number of para-hydroxylation sites is 1. The minimum atomic E-state index is -2.23. The van der Waals surface area contributed by atoms with Crippen molar-refractivity contribution in [2.45, 2.75) is 229 Å². The number of rotatable bonds is 59. The van der Waals surface area contributed by atoms with E-state index >= 15 is 0 Å². The average Bonchev–Trinajstić information content (AvgIpc) is 0.818. The molecule has 0 unspecified atom stereocenters. The van der Waals surface area contributed by atoms with Crippen LogP contribution in [-0.4, -0.2) is 300 Å². The molecule has 1 aliphatic heterocycles. The Morgan fingerprint density at radius 2 is 0.837 bits per heavy atom. The van der Waals surface area contributed by atoms with Gasteiger partial charge in [0.1, 0.15) is 84.0 Å². The molecule has 5 rings (SSSR count). The van der Waals surface area contributed by atoms with Crippen molar-refractivity contribution in [1.82, 2.24) is 79.8 Å². The Labute approximate surface area is 782 Å². The average molecular weight is 1910 g/mol. The number of carboxylic acids is 3. The van der Waals surface area contributed by atoms with E-state index in [0.717, 1.165) is 36.9 Å². The van der Waals surface area contributed by atoms with Crippen LogP contribution in [0.5, 0.6) is 11.5 Å². The number of carbonyl (C=O) groups excluding carboxylic acids is 16. The zero-order valence-electron chi connectivity index (χ0n) is 75.9. The molecule has 16 atom stereocenters. The number of amides is 16. The van der Waals surface area contributed by atoms with Crippen molar-refractivity contribution >= 4 is 130 Å². The van der Waals surface area contributed by atoms with Gasteiger partial charge in [0.25, 0.3) is 0 Å². The molecule has 1 aliphatic rings. The normalized spacial score (nSPS) is 15.2. The molecule has 26 N–H and O–H groups in total. The molecule has 4 aromatic rings. The maximum atomic E-state index is 14.7. The molecule has 45 nitrogen and oxygen atoms in total. The number of phenols is 2. The van der Waals surface area contributed by atoms with Gasteiger partial charge in [-0.3, -0.25) is 91.1 Å². The molecule has 0 saturated heterocycles. The van der Waals surface area contributed by atoms with Gasteiger partial charge in [0.2, 0.25) is 94.5 Å². The van der Waals surface area contributed by atoms with Crippen LogP contribution in [0.4, 0.5) is 5.69 Å². The first kappa shape index (κ1) is 112. The number of aliphatic hydroxyl groups excluding tert-OH is 4. The molecule has 0 aliphatic carbocycles. The van der Waals surface area contributed by atoms with Crippen molar-refractivity contribution in [3.05, 3.63) is 125 Å². The standard InChI is InChI=1S/C89H125N17O28S/c1-8-48(4)75(87(132)99-61(39-54-23-28-57(112)29-24-54)81(126)95-59(36-47(2)3)80(125)97-63(40-73(119)120)79(124)93-49(5)16-14-15-33-90)104-86(131)66(44-108)101-82(127)60(38-53-21-26-56(111)27-22-53)96-83(128)64(41-74(121)122)98-85(130)65(43-107)102-89(134)77(51(7)110)105-84(129)62(37-52-17-10-9-11-18-52)100-88(133)76(50(6)109)103-68(113)42-92-78(123)58(30-32-72(117)118)94-70(115)46-135-45-69(114)91-34-35-106-67-20-13-12-19-55(67)25-31-71(106)116/h9-13,17-24,26-29,47-51,58-66,75-77,107-112H,8,14-16,25,30-46,90H2,1-7H3,(H,91,114)(H,92,123)(H,93,124)(H,94,115)(H,95,126)(H,96,128)(H,97,125)(H,98,130)(H,99,132)(H,100,133)(H,101,127)(H,102,134)(H,103,113)(H,104,131)(H,105,129)(H,117,118)(H,119,120)(H,121,122)/t48-,49+,50+,51+,58-,59-,60-,61-,62-,63-,64-,65-,66-,75-,76-,77-/m0/s1. The second kappa shape index (κ2) is 57.2. The van der Waals surface area contributed by atoms with Gasteiger partial charge in [0.05, 0.1) is 56.3 Å². The van der Waals surface area contributed by atoms with Crippen molar-refractivity contribution in [3.8, 4) is 11.5 Å². The first-order valence-corrected chi connectivity index (χ1v) is 45.1. The molecular formula is C89H125N17O28S. The van der Waals surface area contributed by atoms with E-state index in [0.29, 0.717) is 49.8 Å². The van der Waals surface area contributed by atoms with Crippen LogP contribution in [0.2, 0.25) is 0 Å². The molecule has 0 spiro atoms. The van der Waals surface area contributed by atoms with Crippen LogP contribution >= 0.6 is 11.8 Å². The maximum Gasteiger partial charge on any atom is 0.305 e. The third-order valence-corrected chi connectivity index (χ3v) is 22.3. The second-order valence-corrected chi connectivity index (χ2v) is 34.0. The van der Waals surface area contributed by atoms with Gasteiger partial charge >= 0.3 is 17.9 Å². The lowest BCUT2D eigenvalue weighted by Crippen LogP contribution is -2.63. The number of nitrogens with two attached hydrogens (primary N) is 1. The Morgan fingerprint density at radius 3 is 1.34 bits per heavy atom. The van der Waals surface area contributed by atoms with E-state index in [1.165, 1.54) is 67.6 Å². The van der Waals surface area contributed by atoms with Crippen LogP contribution in [0.25, 0.3) is 0 Å². The number of thioether (sulfide) groups is 1. The van der Waals surface area contributed by atoms with Gasteiger partial charge in [-0.2, -0.15) is 0 Å². The van der Waals surface area contributed by atoms with Gasteiger partial charge < -0.3 is 136 Å². The first-order chi connectivity index (χ1) is 63.9. The maximum absolute atomic E-state index is 14.7. The van der Waals surface area contributed by atoms with E-state index in [1.54, 1.807) is 62.9 Å². The summed E-state index contributed by atoms with van der Waals surface area (Å²) in [6, 6.07) is 3.09. The molecule has 4 aromatic carbocycles. The van der Waals surface area contributed by atoms with Crippen molar-refractivity contribution in [2.24, 2.45) is 17.6 Å². The lowest BCUT2D eigenvalue weighted by atomic mass is 9.96. The fourth-order valence-electron chi connectivity index (χ4n) is 13.9. The number of aliphatic carboxylic acids is 3. The number of aromatic hydroxyl groups is 2. The number of benzene rings is 4. The Morgan fingerprint density at radius 1 is 0.415 bits per heavy atom. The van der Waals surface area contributed by atoms with Crippen LogP contribution in [0.15, 0.2) is 103 Å². The number of nitrogens with zero attached hydrogens (tertiary/aromatic N) is 1. The molecule has 0 bridgehead atoms. The summed E-state index contributed by atoms with van der Waals surface area (Å²) in [6.45, 7) is 7.48. The summed E-state index contributed by atoms with van der Waals surface area (Å²) in [6.07, 6.45) is -5.49. The van der Waals surface area contributed by atoms with Crippen molar-refractivity contribution in [3.63, 3.8) is 0 Å². The second-order valence-electron chi connectivity index (χ2n) is 33.0. The van der Waals surface area contributed by atoms with Gasteiger partial charge in [0, 0.05) is 56.9 Å². The predicted molar refractivity (Wildman–Crippen MR) is 486 cm³/mol. The lowest BCUT2D eigenvalue weighted by Gasteiger charge is -2.30. The zero-order chi connectivity index (χ0) is 100. The lowest BCUT2D eigenvalue weighted by molar-refractivity contribution is -0.142. The van der Waals surface area contributed by atoms with E-state index in [2.05, 4.69) is 79.8 Å². The summed E-state index contributed by atoms with van der Waals surface area (Å²) in [7, 11) is 0. The Balaban J connectivity index is 1.28. The number of phenolic OH excluding ortho intramolecular Hbond substituents is 2. The van der Waals surface area contributed by atoms with Crippen LogP contribution in [0.3, 0.4) is 0 Å². The number of aryl methyl sites for hydroxylation is 1. The quantitative estimate of drug-likeness (QED) is 0.0184. The zero-order valence-corrected chi connectivity index (χ0v) is 76.7. The van der Waals surface area contributed by atoms with Gasteiger partial charge in [0.15, 0.2) is 0 Å². The van der Waals surface area contributed by atoms with Crippen LogP contribution in [0.1, 0.15) is 135 Å². The number of hydrogen-bond acceptors (Lipinski definition) is 27. The molecule has 0 saturated carbocycles. The number of unbranched alkanes of at least 4 members (excludes halogenated alkanes) is 1.